The number of phenols is 1. The number of carbonyl (C=O) groups is 1. The Balaban J connectivity index is 1.75. The van der Waals surface area contributed by atoms with E-state index in [1.807, 2.05) is 0 Å². The molecular weight excluding hydrogens is 410 g/mol. The van der Waals surface area contributed by atoms with Gasteiger partial charge in [0.1, 0.15) is 47.2 Å². The summed E-state index contributed by atoms with van der Waals surface area (Å²) >= 11 is 0. The van der Waals surface area contributed by atoms with Gasteiger partial charge in [-0.15, -0.1) is 0 Å². The van der Waals surface area contributed by atoms with Crippen molar-refractivity contribution in [3.05, 3.63) is 53.6 Å². The third-order valence-corrected chi connectivity index (χ3v) is 4.93. The molecule has 0 bridgehead atoms. The zero-order valence-electron chi connectivity index (χ0n) is 16.7. The Bertz CT molecular complexity index is 887. The predicted molar refractivity (Wildman–Crippen MR) is 107 cm³/mol. The van der Waals surface area contributed by atoms with E-state index in [0.717, 1.165) is 5.56 Å². The Kier molecular flexibility index (Phi) is 7.31. The summed E-state index contributed by atoms with van der Waals surface area (Å²) in [6, 6.07) is 11.1. The van der Waals surface area contributed by atoms with Gasteiger partial charge in [0.15, 0.2) is 0 Å². The normalized spacial score (nSPS) is 25.6. The van der Waals surface area contributed by atoms with E-state index in [0.29, 0.717) is 5.75 Å². The first-order chi connectivity index (χ1) is 14.8. The smallest absolute Gasteiger partial charge is 0.259 e. The molecule has 10 heteroatoms. The lowest BCUT2D eigenvalue weighted by atomic mass is 9.99. The molecule has 5 atom stereocenters. The molecule has 2 aromatic rings. The van der Waals surface area contributed by atoms with Crippen molar-refractivity contribution < 1.29 is 44.5 Å². The number of hydrogen-bond acceptors (Lipinski definition) is 9. The molecule has 0 spiro atoms. The third-order valence-electron chi connectivity index (χ3n) is 4.93. The van der Waals surface area contributed by atoms with Crippen LogP contribution in [0.1, 0.15) is 15.9 Å². The number of carbonyl (C=O) groups excluding carboxylic acids is 1. The molecule has 0 aliphatic carbocycles. The average Bonchev–Trinajstić information content (AvgIpc) is 2.78. The van der Waals surface area contributed by atoms with Crippen molar-refractivity contribution in [2.75, 3.05) is 13.7 Å². The second-order valence-corrected chi connectivity index (χ2v) is 7.00. The minimum atomic E-state index is -1.66. The zero-order chi connectivity index (χ0) is 22.5. The van der Waals surface area contributed by atoms with Crippen LogP contribution >= 0.6 is 0 Å². The number of aromatic hydroxyl groups is 1. The van der Waals surface area contributed by atoms with E-state index in [-0.39, 0.29) is 23.6 Å². The van der Waals surface area contributed by atoms with Crippen molar-refractivity contribution in [3.63, 3.8) is 0 Å². The second-order valence-electron chi connectivity index (χ2n) is 7.00. The van der Waals surface area contributed by atoms with Crippen LogP contribution in [0.15, 0.2) is 42.5 Å². The van der Waals surface area contributed by atoms with Crippen molar-refractivity contribution in [2.45, 2.75) is 37.3 Å². The molecule has 0 radical (unpaired) electrons. The van der Waals surface area contributed by atoms with Crippen molar-refractivity contribution >= 4 is 5.91 Å². The summed E-state index contributed by atoms with van der Waals surface area (Å²) in [5.41, 5.74) is 0.592. The molecule has 3 rings (SSSR count). The van der Waals surface area contributed by atoms with Crippen LogP contribution in [0.3, 0.4) is 0 Å². The first kappa shape index (κ1) is 22.8. The zero-order valence-corrected chi connectivity index (χ0v) is 16.7. The Morgan fingerprint density at radius 1 is 1.06 bits per heavy atom. The lowest BCUT2D eigenvalue weighted by Gasteiger charge is -2.39. The number of aliphatic hydroxyl groups excluding tert-OH is 4. The molecule has 1 heterocycles. The fourth-order valence-electron chi connectivity index (χ4n) is 3.15. The van der Waals surface area contributed by atoms with Gasteiger partial charge in [-0.1, -0.05) is 18.2 Å². The largest absolute Gasteiger partial charge is 0.507 e. The standard InChI is InChI=1S/C21H25NO9/c1-29-12-7-5-11(6-8-12)9-22-20(28)16-13(24)3-2-4-14(16)30-21-19(27)18(26)17(25)15(10-23)31-21/h2-8,15,17-19,21,23-27H,9-10H2,1H3,(H,22,28)/t15-,17-,18+,19-,21-/m1/s1. The van der Waals surface area contributed by atoms with Crippen LogP contribution < -0.4 is 14.8 Å². The molecule has 168 valence electrons. The number of rotatable bonds is 7. The van der Waals surface area contributed by atoms with E-state index in [4.69, 9.17) is 14.2 Å². The van der Waals surface area contributed by atoms with Gasteiger partial charge in [-0.2, -0.15) is 0 Å². The maximum Gasteiger partial charge on any atom is 0.259 e. The van der Waals surface area contributed by atoms with E-state index in [1.165, 1.54) is 18.2 Å². The maximum absolute atomic E-state index is 12.7. The summed E-state index contributed by atoms with van der Waals surface area (Å²) in [5, 5.41) is 52.1. The maximum atomic E-state index is 12.7. The first-order valence-corrected chi connectivity index (χ1v) is 9.56. The number of aliphatic hydroxyl groups is 4. The summed E-state index contributed by atoms with van der Waals surface area (Å²) in [6.07, 6.45) is -7.51. The highest BCUT2D eigenvalue weighted by molar-refractivity contribution is 5.99. The van der Waals surface area contributed by atoms with Gasteiger partial charge in [0.05, 0.1) is 13.7 Å². The van der Waals surface area contributed by atoms with Crippen LogP contribution in [-0.2, 0) is 11.3 Å². The minimum Gasteiger partial charge on any atom is -0.507 e. The first-order valence-electron chi connectivity index (χ1n) is 9.56. The highest BCUT2D eigenvalue weighted by Crippen LogP contribution is 2.31. The number of methoxy groups -OCH3 is 1. The SMILES string of the molecule is COc1ccc(CNC(=O)c2c(O)cccc2O[C@@H]2O[C@H](CO)[C@@H](O)[C@H](O)[C@H]2O)cc1. The summed E-state index contributed by atoms with van der Waals surface area (Å²) < 4.78 is 15.9. The molecule has 0 unspecified atom stereocenters. The molecule has 1 amide bonds. The van der Waals surface area contributed by atoms with Crippen LogP contribution in [-0.4, -0.2) is 75.9 Å². The Morgan fingerprint density at radius 3 is 2.42 bits per heavy atom. The summed E-state index contributed by atoms with van der Waals surface area (Å²) in [4.78, 5) is 12.7. The molecule has 1 saturated heterocycles. The van der Waals surface area contributed by atoms with Gasteiger partial charge in [-0.3, -0.25) is 4.79 Å². The molecule has 1 fully saturated rings. The second kappa shape index (κ2) is 9.94. The van der Waals surface area contributed by atoms with Crippen molar-refractivity contribution in [1.29, 1.82) is 0 Å². The monoisotopic (exact) mass is 435 g/mol. The van der Waals surface area contributed by atoms with Gasteiger partial charge in [-0.25, -0.2) is 0 Å². The Hall–Kier alpha value is -2.89. The van der Waals surface area contributed by atoms with E-state index < -0.39 is 43.2 Å². The highest BCUT2D eigenvalue weighted by atomic mass is 16.7. The molecule has 6 N–H and O–H groups in total. The lowest BCUT2D eigenvalue weighted by Crippen LogP contribution is -2.60. The van der Waals surface area contributed by atoms with E-state index in [2.05, 4.69) is 5.32 Å². The Labute approximate surface area is 178 Å². The quantitative estimate of drug-likeness (QED) is 0.337. The number of hydrogen-bond donors (Lipinski definition) is 6. The van der Waals surface area contributed by atoms with Crippen LogP contribution in [0.4, 0.5) is 0 Å². The van der Waals surface area contributed by atoms with Gasteiger partial charge in [0.2, 0.25) is 6.29 Å². The molecule has 31 heavy (non-hydrogen) atoms. The molecule has 0 saturated carbocycles. The van der Waals surface area contributed by atoms with Crippen molar-refractivity contribution in [3.8, 4) is 17.2 Å². The molecule has 10 nitrogen and oxygen atoms in total. The van der Waals surface area contributed by atoms with Crippen molar-refractivity contribution in [1.82, 2.24) is 5.32 Å². The number of nitrogens with one attached hydrogen (secondary N) is 1. The summed E-state index contributed by atoms with van der Waals surface area (Å²) in [5.74, 6) is -0.453. The average molecular weight is 435 g/mol. The van der Waals surface area contributed by atoms with E-state index in [9.17, 15) is 30.3 Å². The van der Waals surface area contributed by atoms with Crippen LogP contribution in [0.25, 0.3) is 0 Å². The van der Waals surface area contributed by atoms with Gasteiger partial charge < -0.3 is 45.1 Å². The van der Waals surface area contributed by atoms with Crippen LogP contribution in [0, 0.1) is 0 Å². The van der Waals surface area contributed by atoms with Gasteiger partial charge in [-0.05, 0) is 29.8 Å². The fourth-order valence-corrected chi connectivity index (χ4v) is 3.15. The number of amides is 1. The number of ether oxygens (including phenoxy) is 3. The molecule has 0 aromatic heterocycles. The topological polar surface area (TPSA) is 158 Å². The summed E-state index contributed by atoms with van der Waals surface area (Å²) in [6.45, 7) is -0.462. The van der Waals surface area contributed by atoms with Crippen molar-refractivity contribution in [2.24, 2.45) is 0 Å². The van der Waals surface area contributed by atoms with Gasteiger partial charge in [0.25, 0.3) is 5.91 Å². The fraction of sp³-hybridized carbons (Fsp3) is 0.381. The number of phenolic OH excluding ortho intramolecular Hbond substituents is 1. The van der Waals surface area contributed by atoms with Gasteiger partial charge >= 0.3 is 0 Å². The highest BCUT2D eigenvalue weighted by Gasteiger charge is 2.45. The van der Waals surface area contributed by atoms with Crippen LogP contribution in [0.2, 0.25) is 0 Å². The van der Waals surface area contributed by atoms with E-state index >= 15 is 0 Å². The molecule has 1 aliphatic heterocycles. The predicted octanol–water partition coefficient (Wildman–Crippen LogP) is -0.491. The molecule has 2 aromatic carbocycles. The van der Waals surface area contributed by atoms with E-state index in [1.54, 1.807) is 31.4 Å². The lowest BCUT2D eigenvalue weighted by molar-refractivity contribution is -0.277. The van der Waals surface area contributed by atoms with Crippen LogP contribution in [0.5, 0.6) is 17.2 Å². The molecule has 1 aliphatic rings. The number of benzene rings is 2. The minimum absolute atomic E-state index is 0.114. The summed E-state index contributed by atoms with van der Waals surface area (Å²) in [7, 11) is 1.55. The molecular formula is C21H25NO9. The Morgan fingerprint density at radius 2 is 1.77 bits per heavy atom. The van der Waals surface area contributed by atoms with Gasteiger partial charge in [0, 0.05) is 6.54 Å². The third kappa shape index (κ3) is 5.06.